The molecule has 36 heavy (non-hydrogen) atoms. The number of pyridine rings is 1. The van der Waals surface area contributed by atoms with Crippen LogP contribution in [0, 0.1) is 0 Å². The van der Waals surface area contributed by atoms with Crippen molar-refractivity contribution < 1.29 is 14.3 Å². The third-order valence-electron chi connectivity index (χ3n) is 5.79. The Labute approximate surface area is 210 Å². The van der Waals surface area contributed by atoms with E-state index in [9.17, 15) is 4.79 Å². The Balaban J connectivity index is 1.49. The van der Waals surface area contributed by atoms with Crippen molar-refractivity contribution in [3.63, 3.8) is 0 Å². The van der Waals surface area contributed by atoms with Crippen LogP contribution in [0.3, 0.4) is 0 Å². The molecule has 0 fully saturated rings. The second-order valence-electron chi connectivity index (χ2n) is 8.17. The molecular formula is C28H29N5O3. The molecule has 0 saturated carbocycles. The number of nitrogens with one attached hydrogen (secondary N) is 2. The molecule has 8 nitrogen and oxygen atoms in total. The van der Waals surface area contributed by atoms with Gasteiger partial charge in [-0.3, -0.25) is 9.80 Å². The van der Waals surface area contributed by atoms with Crippen molar-refractivity contribution in [2.24, 2.45) is 5.10 Å². The van der Waals surface area contributed by atoms with Crippen LogP contribution in [-0.4, -0.2) is 47.9 Å². The first-order valence-corrected chi connectivity index (χ1v) is 11.5. The molecule has 4 rings (SSSR count). The monoisotopic (exact) mass is 483 g/mol. The summed E-state index contributed by atoms with van der Waals surface area (Å²) in [6.07, 6.45) is 16.4. The molecule has 2 aromatic heterocycles. The van der Waals surface area contributed by atoms with E-state index in [1.165, 1.54) is 6.08 Å². The highest BCUT2D eigenvalue weighted by molar-refractivity contribution is 6.14. The summed E-state index contributed by atoms with van der Waals surface area (Å²) in [5.74, 6) is 1.03. The van der Waals surface area contributed by atoms with Crippen LogP contribution < -0.4 is 14.8 Å². The highest BCUT2D eigenvalue weighted by atomic mass is 16.5. The van der Waals surface area contributed by atoms with Gasteiger partial charge >= 0.3 is 0 Å². The maximum Gasteiger partial charge on any atom is 0.244 e. The molecule has 2 N–H and O–H groups in total. The van der Waals surface area contributed by atoms with Crippen LogP contribution in [0.5, 0.6) is 11.5 Å². The fourth-order valence-electron chi connectivity index (χ4n) is 3.87. The first-order valence-electron chi connectivity index (χ1n) is 11.5. The lowest BCUT2D eigenvalue weighted by molar-refractivity contribution is -0.117. The lowest BCUT2D eigenvalue weighted by Crippen LogP contribution is -2.24. The summed E-state index contributed by atoms with van der Waals surface area (Å²) < 4.78 is 10.7. The van der Waals surface area contributed by atoms with Gasteiger partial charge in [0.2, 0.25) is 5.91 Å². The summed E-state index contributed by atoms with van der Waals surface area (Å²) >= 11 is 0. The van der Waals surface area contributed by atoms with Gasteiger partial charge < -0.3 is 19.8 Å². The third kappa shape index (κ3) is 5.55. The van der Waals surface area contributed by atoms with Gasteiger partial charge in [-0.1, -0.05) is 24.8 Å². The van der Waals surface area contributed by atoms with Gasteiger partial charge in [-0.25, -0.2) is 4.98 Å². The summed E-state index contributed by atoms with van der Waals surface area (Å²) in [7, 11) is 3.17. The fourth-order valence-corrected chi connectivity index (χ4v) is 3.87. The minimum absolute atomic E-state index is 0.220. The van der Waals surface area contributed by atoms with E-state index < -0.39 is 0 Å². The van der Waals surface area contributed by atoms with E-state index in [1.807, 2.05) is 66.8 Å². The van der Waals surface area contributed by atoms with Crippen molar-refractivity contribution >= 4 is 34.8 Å². The number of H-pyrrole nitrogens is 1. The number of ether oxygens (including phenoxy) is 2. The summed E-state index contributed by atoms with van der Waals surface area (Å²) in [6.45, 7) is 6.82. The summed E-state index contributed by atoms with van der Waals surface area (Å²) in [4.78, 5) is 20.3. The smallest absolute Gasteiger partial charge is 0.244 e. The summed E-state index contributed by atoms with van der Waals surface area (Å²) in [6, 6.07) is 7.25. The molecule has 1 aliphatic heterocycles. The van der Waals surface area contributed by atoms with Crippen LogP contribution >= 0.6 is 0 Å². The van der Waals surface area contributed by atoms with E-state index >= 15 is 0 Å². The average Bonchev–Trinajstić information content (AvgIpc) is 3.34. The van der Waals surface area contributed by atoms with E-state index in [-0.39, 0.29) is 11.9 Å². The van der Waals surface area contributed by atoms with E-state index in [0.717, 1.165) is 27.6 Å². The molecule has 0 bridgehead atoms. The number of hydrogen-bond donors (Lipinski definition) is 2. The van der Waals surface area contributed by atoms with Gasteiger partial charge in [-0.05, 0) is 54.0 Å². The predicted molar refractivity (Wildman–Crippen MR) is 144 cm³/mol. The zero-order valence-corrected chi connectivity index (χ0v) is 20.6. The van der Waals surface area contributed by atoms with Crippen molar-refractivity contribution in [2.45, 2.75) is 13.0 Å². The van der Waals surface area contributed by atoms with Crippen LogP contribution in [0.4, 0.5) is 0 Å². The fraction of sp³-hybridized carbons (Fsp3) is 0.179. The van der Waals surface area contributed by atoms with Crippen LogP contribution in [0.15, 0.2) is 78.8 Å². The van der Waals surface area contributed by atoms with Crippen molar-refractivity contribution in [3.05, 3.63) is 90.4 Å². The van der Waals surface area contributed by atoms with Crippen molar-refractivity contribution in [1.29, 1.82) is 0 Å². The van der Waals surface area contributed by atoms with Crippen LogP contribution in [0.1, 0.15) is 29.7 Å². The van der Waals surface area contributed by atoms with Crippen molar-refractivity contribution in [1.82, 2.24) is 20.3 Å². The number of amides is 1. The van der Waals surface area contributed by atoms with E-state index in [4.69, 9.17) is 9.47 Å². The number of benzene rings is 1. The molecule has 3 heterocycles. The molecule has 1 aromatic carbocycles. The van der Waals surface area contributed by atoms with Crippen molar-refractivity contribution in [2.75, 3.05) is 20.8 Å². The Morgan fingerprint density at radius 3 is 2.83 bits per heavy atom. The number of carbonyl (C=O) groups excluding carboxylic acids is 1. The number of fused-ring (bicyclic) bond motifs is 1. The van der Waals surface area contributed by atoms with Crippen LogP contribution in [-0.2, 0) is 4.79 Å². The Kier molecular flexibility index (Phi) is 7.65. The largest absolute Gasteiger partial charge is 0.493 e. The molecule has 0 spiro atoms. The van der Waals surface area contributed by atoms with Gasteiger partial charge in [-0.15, -0.1) is 0 Å². The maximum atomic E-state index is 12.7. The third-order valence-corrected chi connectivity index (χ3v) is 5.79. The van der Waals surface area contributed by atoms with Crippen molar-refractivity contribution in [3.8, 4) is 11.5 Å². The highest BCUT2D eigenvalue weighted by Gasteiger charge is 2.13. The molecule has 3 aromatic rings. The van der Waals surface area contributed by atoms with Crippen LogP contribution in [0.25, 0.3) is 22.7 Å². The molecule has 1 aliphatic rings. The van der Waals surface area contributed by atoms with Gasteiger partial charge in [0, 0.05) is 35.6 Å². The number of methoxy groups -OCH3 is 2. The molecule has 0 saturated heterocycles. The second-order valence-corrected chi connectivity index (χ2v) is 8.17. The first kappa shape index (κ1) is 24.5. The normalized spacial score (nSPS) is 14.0. The van der Waals surface area contributed by atoms with Gasteiger partial charge in [-0.2, -0.15) is 5.10 Å². The Bertz CT molecular complexity index is 1380. The molecule has 8 heteroatoms. The second kappa shape index (κ2) is 11.2. The number of carbonyl (C=O) groups is 1. The number of aromatic nitrogens is 2. The van der Waals surface area contributed by atoms with Gasteiger partial charge in [0.05, 0.1) is 33.0 Å². The number of nitrogens with zero attached hydrogens (tertiary/aromatic N) is 3. The predicted octanol–water partition coefficient (Wildman–Crippen LogP) is 4.86. The topological polar surface area (TPSA) is 91.8 Å². The minimum Gasteiger partial charge on any atom is -0.493 e. The summed E-state index contributed by atoms with van der Waals surface area (Å²) in [5, 5.41) is 10.2. The van der Waals surface area contributed by atoms with Gasteiger partial charge in [0.25, 0.3) is 0 Å². The number of rotatable bonds is 9. The lowest BCUT2D eigenvalue weighted by atomic mass is 10.0. The number of hydrogen-bond acceptors (Lipinski definition) is 6. The number of allylic oxidation sites excluding steroid dienone is 3. The van der Waals surface area contributed by atoms with Gasteiger partial charge in [0.15, 0.2) is 11.5 Å². The average molecular weight is 484 g/mol. The molecule has 0 radical (unpaired) electrons. The minimum atomic E-state index is -0.225. The molecule has 184 valence electrons. The summed E-state index contributed by atoms with van der Waals surface area (Å²) in [5.41, 5.74) is 4.08. The number of hydrazone groups is 1. The zero-order valence-electron chi connectivity index (χ0n) is 20.6. The maximum absolute atomic E-state index is 12.7. The zero-order chi connectivity index (χ0) is 25.5. The SMILES string of the molecule is C=C(/C=N\N1C=CC=CC1)c1ccnc2[nH]cc(/C=C/C(=O)N[C@H](C)c3ccc(OC)c(OC)c3)c12. The molecular weight excluding hydrogens is 454 g/mol. The van der Waals surface area contributed by atoms with Crippen LogP contribution in [0.2, 0.25) is 0 Å². The van der Waals surface area contributed by atoms with E-state index in [1.54, 1.807) is 32.7 Å². The quantitative estimate of drug-likeness (QED) is 0.335. The Hall–Kier alpha value is -4.59. The highest BCUT2D eigenvalue weighted by Crippen LogP contribution is 2.30. The molecule has 1 amide bonds. The van der Waals surface area contributed by atoms with E-state index in [0.29, 0.717) is 23.7 Å². The van der Waals surface area contributed by atoms with Gasteiger partial charge in [0.1, 0.15) is 5.65 Å². The Morgan fingerprint density at radius 1 is 1.25 bits per heavy atom. The molecule has 0 aliphatic carbocycles. The number of aromatic amines is 1. The Morgan fingerprint density at radius 2 is 2.08 bits per heavy atom. The van der Waals surface area contributed by atoms with E-state index in [2.05, 4.69) is 27.0 Å². The first-order chi connectivity index (χ1) is 17.5. The molecule has 1 atom stereocenters. The standard InChI is InChI=1S/C28H29N5O3/c1-19(17-31-33-14-6-5-7-15-33)23-12-13-29-28-27(23)22(18-30-28)9-11-26(34)32-20(2)21-8-10-24(35-3)25(16-21)36-4/h5-14,16-18,20H,1,15H2,2-4H3,(H,29,30)(H,32,34)/b11-9+,31-17-/t20-/m1/s1. The molecule has 0 unspecified atom stereocenters. The lowest BCUT2D eigenvalue weighted by Gasteiger charge is -2.15.